The van der Waals surface area contributed by atoms with Crippen LogP contribution in [0.1, 0.15) is 22.8 Å². The molecule has 1 fully saturated rings. The lowest BCUT2D eigenvalue weighted by Gasteiger charge is -2.35. The minimum Gasteiger partial charge on any atom is -0.369 e. The number of hydrogen-bond acceptors (Lipinski definition) is 6. The summed E-state index contributed by atoms with van der Waals surface area (Å²) in [7, 11) is -7.53. The summed E-state index contributed by atoms with van der Waals surface area (Å²) < 4.78 is 91.4. The number of anilines is 2. The minimum absolute atomic E-state index is 0.0121. The van der Waals surface area contributed by atoms with Gasteiger partial charge in [0.15, 0.2) is 9.84 Å². The van der Waals surface area contributed by atoms with Crippen LogP contribution in [0.5, 0.6) is 0 Å². The first-order valence-electron chi connectivity index (χ1n) is 12.0. The maximum absolute atomic E-state index is 13.2. The molecule has 39 heavy (non-hydrogen) atoms. The predicted molar refractivity (Wildman–Crippen MR) is 141 cm³/mol. The summed E-state index contributed by atoms with van der Waals surface area (Å²) in [6.07, 6.45) is -4.47. The van der Waals surface area contributed by atoms with Crippen molar-refractivity contribution >= 4 is 37.1 Å². The van der Waals surface area contributed by atoms with Crippen molar-refractivity contribution in [2.24, 2.45) is 0 Å². The van der Waals surface area contributed by atoms with E-state index < -0.39 is 37.5 Å². The lowest BCUT2D eigenvalue weighted by molar-refractivity contribution is -0.137. The molecule has 3 aromatic rings. The van der Waals surface area contributed by atoms with E-state index in [2.05, 4.69) is 5.32 Å². The summed E-state index contributed by atoms with van der Waals surface area (Å²) in [5.74, 6) is -0.818. The smallest absolute Gasteiger partial charge is 0.369 e. The van der Waals surface area contributed by atoms with Gasteiger partial charge in [0.05, 0.1) is 26.7 Å². The van der Waals surface area contributed by atoms with Crippen LogP contribution in [0.25, 0.3) is 0 Å². The molecule has 0 bridgehead atoms. The number of amides is 1. The number of piperazine rings is 1. The molecule has 1 aliphatic rings. The lowest BCUT2D eigenvalue weighted by atomic mass is 10.1. The van der Waals surface area contributed by atoms with E-state index in [1.807, 2.05) is 0 Å². The SMILES string of the molecule is CCS(=O)(=O)c1ccccc1C(=O)Nc1ccc(S(=O)(=O)N2CCN(c3cccc(C(F)(F)F)c3)CC2)cc1. The van der Waals surface area contributed by atoms with Crippen LogP contribution in [0.2, 0.25) is 0 Å². The molecule has 1 heterocycles. The first kappa shape index (κ1) is 28.6. The Morgan fingerprint density at radius 3 is 2.13 bits per heavy atom. The summed E-state index contributed by atoms with van der Waals surface area (Å²) in [4.78, 5) is 14.4. The van der Waals surface area contributed by atoms with E-state index in [0.717, 1.165) is 12.1 Å². The number of rotatable bonds is 7. The zero-order chi connectivity index (χ0) is 28.4. The molecule has 1 saturated heterocycles. The molecule has 3 aromatic carbocycles. The maximum atomic E-state index is 13.2. The van der Waals surface area contributed by atoms with Gasteiger partial charge in [-0.2, -0.15) is 17.5 Å². The highest BCUT2D eigenvalue weighted by atomic mass is 32.2. The fourth-order valence-corrected chi connectivity index (χ4v) is 6.72. The van der Waals surface area contributed by atoms with E-state index in [0.29, 0.717) is 5.69 Å². The van der Waals surface area contributed by atoms with Gasteiger partial charge in [0, 0.05) is 37.6 Å². The van der Waals surface area contributed by atoms with Crippen LogP contribution in [-0.2, 0) is 26.0 Å². The van der Waals surface area contributed by atoms with Crippen molar-refractivity contribution in [2.45, 2.75) is 22.9 Å². The highest BCUT2D eigenvalue weighted by Crippen LogP contribution is 2.32. The number of alkyl halides is 3. The molecule has 1 aliphatic heterocycles. The van der Waals surface area contributed by atoms with Crippen molar-refractivity contribution in [3.8, 4) is 0 Å². The van der Waals surface area contributed by atoms with E-state index in [9.17, 15) is 34.8 Å². The molecule has 0 saturated carbocycles. The zero-order valence-electron chi connectivity index (χ0n) is 20.8. The first-order valence-corrected chi connectivity index (χ1v) is 15.1. The van der Waals surface area contributed by atoms with Gasteiger partial charge < -0.3 is 10.2 Å². The molecule has 0 aromatic heterocycles. The highest BCUT2D eigenvalue weighted by molar-refractivity contribution is 7.91. The van der Waals surface area contributed by atoms with Gasteiger partial charge in [0.2, 0.25) is 10.0 Å². The molecule has 0 atom stereocenters. The van der Waals surface area contributed by atoms with Gasteiger partial charge in [-0.1, -0.05) is 25.1 Å². The Hall–Kier alpha value is -3.42. The zero-order valence-corrected chi connectivity index (χ0v) is 22.5. The average molecular weight is 582 g/mol. The molecule has 1 amide bonds. The molecule has 0 spiro atoms. The second-order valence-electron chi connectivity index (χ2n) is 8.82. The quantitative estimate of drug-likeness (QED) is 0.447. The van der Waals surface area contributed by atoms with Crippen LogP contribution in [-0.4, -0.2) is 59.0 Å². The third-order valence-corrected chi connectivity index (χ3v) is 10.1. The monoisotopic (exact) mass is 581 g/mol. The van der Waals surface area contributed by atoms with E-state index in [1.54, 1.807) is 17.0 Å². The van der Waals surface area contributed by atoms with Crippen molar-refractivity contribution in [3.05, 3.63) is 83.9 Å². The molecular weight excluding hydrogens is 555 g/mol. The standard InChI is InChI=1S/C26H26F3N3O5S2/c1-2-38(34,35)24-9-4-3-8-23(24)25(33)30-20-10-12-22(13-11-20)39(36,37)32-16-14-31(15-17-32)21-7-5-6-19(18-21)26(27,28)29/h3-13,18H,2,14-17H2,1H3,(H,30,33). The number of carbonyl (C=O) groups excluding carboxylic acids is 1. The van der Waals surface area contributed by atoms with Gasteiger partial charge in [-0.05, 0) is 54.6 Å². The molecule has 13 heteroatoms. The fraction of sp³-hybridized carbons (Fsp3) is 0.269. The van der Waals surface area contributed by atoms with E-state index in [1.165, 1.54) is 59.8 Å². The van der Waals surface area contributed by atoms with Crippen molar-refractivity contribution in [2.75, 3.05) is 42.1 Å². The van der Waals surface area contributed by atoms with Gasteiger partial charge in [0.25, 0.3) is 5.91 Å². The number of benzene rings is 3. The van der Waals surface area contributed by atoms with Crippen molar-refractivity contribution in [3.63, 3.8) is 0 Å². The van der Waals surface area contributed by atoms with Crippen LogP contribution in [0.15, 0.2) is 82.6 Å². The Morgan fingerprint density at radius 2 is 1.51 bits per heavy atom. The van der Waals surface area contributed by atoms with Gasteiger partial charge >= 0.3 is 6.18 Å². The van der Waals surface area contributed by atoms with Gasteiger partial charge in [-0.25, -0.2) is 16.8 Å². The van der Waals surface area contributed by atoms with Crippen molar-refractivity contribution < 1.29 is 34.8 Å². The van der Waals surface area contributed by atoms with Crippen molar-refractivity contribution in [1.82, 2.24) is 4.31 Å². The van der Waals surface area contributed by atoms with Gasteiger partial charge in [0.1, 0.15) is 0 Å². The topological polar surface area (TPSA) is 104 Å². The Bertz CT molecular complexity index is 1570. The normalized spacial score (nSPS) is 15.2. The largest absolute Gasteiger partial charge is 0.416 e. The van der Waals surface area contributed by atoms with Crippen molar-refractivity contribution in [1.29, 1.82) is 0 Å². The number of sulfone groups is 1. The second kappa shape index (κ2) is 11.0. The molecule has 4 rings (SSSR count). The molecular formula is C26H26F3N3O5S2. The summed E-state index contributed by atoms with van der Waals surface area (Å²) in [5, 5.41) is 2.59. The molecule has 0 radical (unpaired) electrons. The van der Waals surface area contributed by atoms with Crippen LogP contribution < -0.4 is 10.2 Å². The molecule has 208 valence electrons. The van der Waals surface area contributed by atoms with Crippen LogP contribution in [0.3, 0.4) is 0 Å². The van der Waals surface area contributed by atoms with Crippen LogP contribution >= 0.6 is 0 Å². The Morgan fingerprint density at radius 1 is 0.872 bits per heavy atom. The van der Waals surface area contributed by atoms with Gasteiger partial charge in [-0.15, -0.1) is 0 Å². The Balaban J connectivity index is 1.43. The molecule has 8 nitrogen and oxygen atoms in total. The summed E-state index contributed by atoms with van der Waals surface area (Å²) in [6.45, 7) is 2.08. The lowest BCUT2D eigenvalue weighted by Crippen LogP contribution is -2.48. The van der Waals surface area contributed by atoms with Gasteiger partial charge in [-0.3, -0.25) is 4.79 Å². The third-order valence-electron chi connectivity index (χ3n) is 6.37. The molecule has 1 N–H and O–H groups in total. The molecule has 0 aliphatic carbocycles. The first-order chi connectivity index (χ1) is 18.3. The number of sulfonamides is 1. The van der Waals surface area contributed by atoms with Crippen LogP contribution in [0, 0.1) is 0 Å². The fourth-order valence-electron chi connectivity index (χ4n) is 4.20. The number of nitrogens with zero attached hydrogens (tertiary/aromatic N) is 2. The Kier molecular flexibility index (Phi) is 8.05. The summed E-state index contributed by atoms with van der Waals surface area (Å²) in [5.41, 5.74) is -0.139. The number of nitrogens with one attached hydrogen (secondary N) is 1. The second-order valence-corrected chi connectivity index (χ2v) is 13.0. The highest BCUT2D eigenvalue weighted by Gasteiger charge is 2.32. The third kappa shape index (κ3) is 6.26. The summed E-state index contributed by atoms with van der Waals surface area (Å²) >= 11 is 0. The average Bonchev–Trinajstić information content (AvgIpc) is 2.93. The van der Waals surface area contributed by atoms with Crippen LogP contribution in [0.4, 0.5) is 24.5 Å². The maximum Gasteiger partial charge on any atom is 0.416 e. The number of carbonyl (C=O) groups is 1. The predicted octanol–water partition coefficient (Wildman–Crippen LogP) is 4.26. The number of hydrogen-bond donors (Lipinski definition) is 1. The van der Waals surface area contributed by atoms with E-state index >= 15 is 0 Å². The summed E-state index contributed by atoms with van der Waals surface area (Å²) in [6, 6.07) is 16.2. The van der Waals surface area contributed by atoms with E-state index in [-0.39, 0.29) is 53.0 Å². The van der Waals surface area contributed by atoms with E-state index in [4.69, 9.17) is 0 Å². The Labute approximate surface area is 225 Å². The number of halogens is 3. The molecule has 0 unspecified atom stereocenters. The minimum atomic E-state index is -4.47.